The number of nitrogens with one attached hydrogen (secondary N) is 1. The normalized spacial score (nSPS) is 32.3. The van der Waals surface area contributed by atoms with Gasteiger partial charge in [0.05, 0.1) is 17.3 Å². The second-order valence-electron chi connectivity index (χ2n) is 5.99. The van der Waals surface area contributed by atoms with Crippen molar-refractivity contribution in [1.29, 1.82) is 0 Å². The van der Waals surface area contributed by atoms with Crippen LogP contribution in [0.4, 0.5) is 0 Å². The lowest BCUT2D eigenvalue weighted by molar-refractivity contribution is 0.0521. The van der Waals surface area contributed by atoms with Crippen LogP contribution < -0.4 is 5.69 Å². The monoisotopic (exact) mass is 292 g/mol. The molecule has 2 bridgehead atoms. The highest BCUT2D eigenvalue weighted by Crippen LogP contribution is 2.54. The summed E-state index contributed by atoms with van der Waals surface area (Å²) in [5, 5.41) is 11.1. The molecule has 6 nitrogen and oxygen atoms in total. The molecule has 20 heavy (non-hydrogen) atoms. The van der Waals surface area contributed by atoms with E-state index >= 15 is 0 Å². The molecule has 0 saturated heterocycles. The first-order valence-electron chi connectivity index (χ1n) is 6.80. The number of hydrogen-bond acceptors (Lipinski definition) is 5. The van der Waals surface area contributed by atoms with Crippen LogP contribution in [0, 0.1) is 0 Å². The minimum absolute atomic E-state index is 0.140. The third-order valence-corrected chi connectivity index (χ3v) is 5.39. The highest BCUT2D eigenvalue weighted by molar-refractivity contribution is 7.98. The van der Waals surface area contributed by atoms with Gasteiger partial charge in [-0.15, -0.1) is 0 Å². The molecular formula is C13H16N4O2S. The number of imidazole rings is 1. The Kier molecular flexibility index (Phi) is 2.39. The van der Waals surface area contributed by atoms with Crippen molar-refractivity contribution >= 4 is 22.9 Å². The highest BCUT2D eigenvalue weighted by atomic mass is 32.2. The molecule has 2 heterocycles. The molecule has 2 saturated carbocycles. The van der Waals surface area contributed by atoms with Crippen LogP contribution in [-0.4, -0.2) is 36.5 Å². The van der Waals surface area contributed by atoms with Crippen molar-refractivity contribution in [1.82, 2.24) is 19.5 Å². The van der Waals surface area contributed by atoms with E-state index in [4.69, 9.17) is 0 Å². The van der Waals surface area contributed by atoms with E-state index < -0.39 is 5.60 Å². The molecule has 0 aromatic carbocycles. The molecule has 2 aromatic heterocycles. The molecule has 0 spiro atoms. The number of H-pyrrole nitrogens is 1. The van der Waals surface area contributed by atoms with E-state index in [0.717, 1.165) is 25.7 Å². The Morgan fingerprint density at radius 3 is 2.75 bits per heavy atom. The van der Waals surface area contributed by atoms with Gasteiger partial charge < -0.3 is 10.1 Å². The van der Waals surface area contributed by atoms with Gasteiger partial charge in [-0.1, -0.05) is 11.8 Å². The number of thioether (sulfide) groups is 1. The minimum atomic E-state index is -0.585. The van der Waals surface area contributed by atoms with Gasteiger partial charge in [-0.25, -0.2) is 14.8 Å². The van der Waals surface area contributed by atoms with Gasteiger partial charge in [0.25, 0.3) is 0 Å². The maximum Gasteiger partial charge on any atom is 0.328 e. The lowest BCUT2D eigenvalue weighted by Gasteiger charge is -2.27. The van der Waals surface area contributed by atoms with Crippen molar-refractivity contribution in [3.8, 4) is 0 Å². The maximum atomic E-state index is 12.4. The van der Waals surface area contributed by atoms with E-state index in [1.165, 1.54) is 11.8 Å². The summed E-state index contributed by atoms with van der Waals surface area (Å²) in [6, 6.07) is 0. The molecule has 7 heteroatoms. The smallest absolute Gasteiger partial charge is 0.328 e. The van der Waals surface area contributed by atoms with E-state index in [1.807, 2.05) is 6.26 Å². The van der Waals surface area contributed by atoms with Crippen molar-refractivity contribution in [2.75, 3.05) is 6.26 Å². The average molecular weight is 292 g/mol. The van der Waals surface area contributed by atoms with Crippen molar-refractivity contribution < 1.29 is 5.11 Å². The van der Waals surface area contributed by atoms with Crippen molar-refractivity contribution in [2.45, 2.75) is 48.4 Å². The molecule has 0 atom stereocenters. The van der Waals surface area contributed by atoms with E-state index in [1.54, 1.807) is 10.8 Å². The summed E-state index contributed by atoms with van der Waals surface area (Å²) in [4.78, 5) is 23.9. The van der Waals surface area contributed by atoms with Gasteiger partial charge in [0.1, 0.15) is 5.52 Å². The lowest BCUT2D eigenvalue weighted by Crippen LogP contribution is -2.36. The quantitative estimate of drug-likeness (QED) is 0.643. The molecule has 4 rings (SSSR count). The third kappa shape index (κ3) is 1.53. The summed E-state index contributed by atoms with van der Waals surface area (Å²) in [6.07, 6.45) is 7.46. The van der Waals surface area contributed by atoms with Crippen LogP contribution in [0.25, 0.3) is 11.2 Å². The van der Waals surface area contributed by atoms with Gasteiger partial charge in [0.15, 0.2) is 10.8 Å². The molecule has 106 valence electrons. The zero-order valence-corrected chi connectivity index (χ0v) is 12.0. The van der Waals surface area contributed by atoms with Gasteiger partial charge in [0, 0.05) is 0 Å². The van der Waals surface area contributed by atoms with Crippen LogP contribution in [0.2, 0.25) is 0 Å². The zero-order chi connectivity index (χ0) is 14.0. The van der Waals surface area contributed by atoms with E-state index in [9.17, 15) is 9.90 Å². The zero-order valence-electron chi connectivity index (χ0n) is 11.2. The van der Waals surface area contributed by atoms with Crippen LogP contribution >= 0.6 is 11.8 Å². The van der Waals surface area contributed by atoms with E-state index in [0.29, 0.717) is 22.7 Å². The minimum Gasteiger partial charge on any atom is -0.390 e. The Hall–Kier alpha value is -1.34. The van der Waals surface area contributed by atoms with E-state index in [2.05, 4.69) is 15.0 Å². The Labute approximate surface area is 119 Å². The fourth-order valence-electron chi connectivity index (χ4n) is 3.87. The van der Waals surface area contributed by atoms with Gasteiger partial charge >= 0.3 is 5.69 Å². The molecule has 0 amide bonds. The molecule has 0 unspecified atom stereocenters. The largest absolute Gasteiger partial charge is 0.390 e. The fraction of sp³-hybridized carbons (Fsp3) is 0.615. The predicted octanol–water partition coefficient (Wildman–Crippen LogP) is 1.25. The summed E-state index contributed by atoms with van der Waals surface area (Å²) >= 11 is 1.46. The standard InChI is InChI=1S/C13H16N4O2S/c1-20-10-14-6-8-9(16-10)17(11(18)15-8)12-2-4-13(19,7-12)5-3-12/h6,19H,2-5,7H2,1H3,(H,15,18). The molecule has 2 aromatic rings. The molecule has 0 aliphatic heterocycles. The van der Waals surface area contributed by atoms with Crippen LogP contribution in [0.3, 0.4) is 0 Å². The van der Waals surface area contributed by atoms with Crippen molar-refractivity contribution in [2.24, 2.45) is 0 Å². The second kappa shape index (κ2) is 3.85. The highest BCUT2D eigenvalue weighted by Gasteiger charge is 2.55. The number of fused-ring (bicyclic) bond motifs is 3. The molecule has 2 fully saturated rings. The van der Waals surface area contributed by atoms with Gasteiger partial charge in [0.2, 0.25) is 0 Å². The predicted molar refractivity (Wildman–Crippen MR) is 75.9 cm³/mol. The van der Waals surface area contributed by atoms with Crippen LogP contribution in [0.1, 0.15) is 32.1 Å². The van der Waals surface area contributed by atoms with Crippen molar-refractivity contribution in [3.63, 3.8) is 0 Å². The van der Waals surface area contributed by atoms with E-state index in [-0.39, 0.29) is 11.2 Å². The Balaban J connectivity index is 1.96. The first-order valence-corrected chi connectivity index (χ1v) is 8.02. The topological polar surface area (TPSA) is 83.8 Å². The molecule has 0 radical (unpaired) electrons. The van der Waals surface area contributed by atoms with Crippen molar-refractivity contribution in [3.05, 3.63) is 16.7 Å². The first-order chi connectivity index (χ1) is 9.55. The lowest BCUT2D eigenvalue weighted by atomic mass is 9.92. The second-order valence-corrected chi connectivity index (χ2v) is 6.76. The maximum absolute atomic E-state index is 12.4. The Morgan fingerprint density at radius 2 is 2.15 bits per heavy atom. The van der Waals surface area contributed by atoms with Crippen LogP contribution in [0.15, 0.2) is 16.1 Å². The number of nitrogens with zero attached hydrogens (tertiary/aromatic N) is 3. The molecule has 2 N–H and O–H groups in total. The van der Waals surface area contributed by atoms with Crippen LogP contribution in [0.5, 0.6) is 0 Å². The first kappa shape index (κ1) is 12.4. The number of hydrogen-bond donors (Lipinski definition) is 2. The number of aliphatic hydroxyl groups is 1. The summed E-state index contributed by atoms with van der Waals surface area (Å²) in [5.74, 6) is 0. The summed E-state index contributed by atoms with van der Waals surface area (Å²) in [7, 11) is 0. The summed E-state index contributed by atoms with van der Waals surface area (Å²) < 4.78 is 1.77. The number of rotatable bonds is 2. The number of aromatic nitrogens is 4. The average Bonchev–Trinajstić information content (AvgIpc) is 3.05. The van der Waals surface area contributed by atoms with Crippen LogP contribution in [-0.2, 0) is 5.54 Å². The Morgan fingerprint density at radius 1 is 1.40 bits per heavy atom. The van der Waals surface area contributed by atoms with Gasteiger partial charge in [-0.3, -0.25) is 4.57 Å². The third-order valence-electron chi connectivity index (χ3n) is 4.83. The van der Waals surface area contributed by atoms with Gasteiger partial charge in [-0.2, -0.15) is 0 Å². The molecule has 2 aliphatic carbocycles. The Bertz CT molecular complexity index is 742. The summed E-state index contributed by atoms with van der Waals surface area (Å²) in [6.45, 7) is 0. The number of aromatic amines is 1. The van der Waals surface area contributed by atoms with Gasteiger partial charge in [-0.05, 0) is 38.4 Å². The molecular weight excluding hydrogens is 276 g/mol. The molecule has 2 aliphatic rings. The summed E-state index contributed by atoms with van der Waals surface area (Å²) in [5.41, 5.74) is 0.343. The fourth-order valence-corrected chi connectivity index (χ4v) is 4.21. The SMILES string of the molecule is CSc1ncc2[nH]c(=O)n(C34CCC(O)(CC3)C4)c2n1.